The molecule has 2 heterocycles. The first kappa shape index (κ1) is 16.7. The molecule has 0 N–H and O–H groups in total. The van der Waals surface area contributed by atoms with E-state index in [1.807, 2.05) is 0 Å². The number of rotatable bonds is 5. The van der Waals surface area contributed by atoms with Crippen LogP contribution in [0.4, 0.5) is 0 Å². The van der Waals surface area contributed by atoms with Gasteiger partial charge in [0, 0.05) is 29.5 Å². The van der Waals surface area contributed by atoms with Gasteiger partial charge in [0.15, 0.2) is 5.82 Å². The first-order valence-corrected chi connectivity index (χ1v) is 8.43. The average Bonchev–Trinajstić information content (AvgIpc) is 2.91. The molecule has 0 aliphatic carbocycles. The summed E-state index contributed by atoms with van der Waals surface area (Å²) in [5.41, 5.74) is 1.15. The van der Waals surface area contributed by atoms with Gasteiger partial charge < -0.3 is 0 Å². The van der Waals surface area contributed by atoms with Crippen LogP contribution in [0.2, 0.25) is 10.0 Å². The maximum atomic E-state index is 12.8. The van der Waals surface area contributed by atoms with E-state index in [0.717, 1.165) is 12.8 Å². The third-order valence-corrected chi connectivity index (χ3v) is 4.21. The lowest BCUT2D eigenvalue weighted by Gasteiger charge is -2.06. The Morgan fingerprint density at radius 2 is 1.88 bits per heavy atom. The summed E-state index contributed by atoms with van der Waals surface area (Å²) in [6.45, 7) is 2.63. The Labute approximate surface area is 149 Å². The first-order valence-electron chi connectivity index (χ1n) is 7.67. The molecule has 0 saturated heterocycles. The molecular weight excluding hydrogens is 347 g/mol. The predicted octanol–water partition coefficient (Wildman–Crippen LogP) is 4.20. The summed E-state index contributed by atoms with van der Waals surface area (Å²) in [5.74, 6) is 0.492. The van der Waals surface area contributed by atoms with Gasteiger partial charge in [-0.1, -0.05) is 36.5 Å². The molecule has 1 aromatic carbocycles. The second-order valence-corrected chi connectivity index (χ2v) is 6.19. The highest BCUT2D eigenvalue weighted by Crippen LogP contribution is 2.26. The number of nitrogens with zero attached hydrogens (tertiary/aromatic N) is 4. The standard InChI is InChI=1S/C17H16Cl2N4O/c1-2-3-10-22-17(24)23(13-6-4-12(18)5-7-13)16(21-22)14-8-9-20-11-15(14)19/h4-9,11H,2-3,10H2,1H3. The Balaban J connectivity index is 2.21. The van der Waals surface area contributed by atoms with Gasteiger partial charge in [0.25, 0.3) is 0 Å². The minimum Gasteiger partial charge on any atom is -0.263 e. The van der Waals surface area contributed by atoms with Crippen LogP contribution < -0.4 is 5.69 Å². The van der Waals surface area contributed by atoms with Crippen LogP contribution in [0, 0.1) is 0 Å². The zero-order valence-corrected chi connectivity index (χ0v) is 14.6. The number of unbranched alkanes of at least 4 members (excludes halogenated alkanes) is 1. The maximum absolute atomic E-state index is 12.8. The molecular formula is C17H16Cl2N4O. The van der Waals surface area contributed by atoms with E-state index in [1.54, 1.807) is 47.3 Å². The molecule has 3 aromatic rings. The van der Waals surface area contributed by atoms with Crippen molar-refractivity contribution in [1.29, 1.82) is 0 Å². The van der Waals surface area contributed by atoms with Crippen LogP contribution in [0.3, 0.4) is 0 Å². The van der Waals surface area contributed by atoms with E-state index in [1.165, 1.54) is 4.68 Å². The maximum Gasteiger partial charge on any atom is 0.350 e. The molecule has 2 aromatic heterocycles. The van der Waals surface area contributed by atoms with Crippen molar-refractivity contribution < 1.29 is 0 Å². The Morgan fingerprint density at radius 3 is 2.54 bits per heavy atom. The van der Waals surface area contributed by atoms with Crippen molar-refractivity contribution >= 4 is 23.2 Å². The van der Waals surface area contributed by atoms with Gasteiger partial charge in [-0.05, 0) is 36.8 Å². The van der Waals surface area contributed by atoms with Crippen molar-refractivity contribution in [3.05, 3.63) is 63.3 Å². The van der Waals surface area contributed by atoms with Crippen LogP contribution in [0.5, 0.6) is 0 Å². The fourth-order valence-corrected chi connectivity index (χ4v) is 2.74. The SMILES string of the molecule is CCCCn1nc(-c2ccncc2Cl)n(-c2ccc(Cl)cc2)c1=O. The number of aromatic nitrogens is 4. The van der Waals surface area contributed by atoms with Crippen LogP contribution in [-0.4, -0.2) is 19.3 Å². The topological polar surface area (TPSA) is 52.7 Å². The number of pyridine rings is 1. The van der Waals surface area contributed by atoms with E-state index >= 15 is 0 Å². The van der Waals surface area contributed by atoms with Crippen molar-refractivity contribution in [2.24, 2.45) is 0 Å². The molecule has 0 radical (unpaired) electrons. The van der Waals surface area contributed by atoms with E-state index in [4.69, 9.17) is 23.2 Å². The lowest BCUT2D eigenvalue weighted by atomic mass is 10.2. The lowest BCUT2D eigenvalue weighted by Crippen LogP contribution is -2.24. The van der Waals surface area contributed by atoms with E-state index in [0.29, 0.717) is 33.7 Å². The quantitative estimate of drug-likeness (QED) is 0.683. The van der Waals surface area contributed by atoms with Crippen molar-refractivity contribution in [1.82, 2.24) is 19.3 Å². The second-order valence-electron chi connectivity index (χ2n) is 5.35. The summed E-state index contributed by atoms with van der Waals surface area (Å²) in [6.07, 6.45) is 5.02. The van der Waals surface area contributed by atoms with Crippen molar-refractivity contribution in [3.8, 4) is 17.1 Å². The molecule has 0 fully saturated rings. The Morgan fingerprint density at radius 1 is 1.12 bits per heavy atom. The van der Waals surface area contributed by atoms with Gasteiger partial charge in [-0.2, -0.15) is 0 Å². The fraction of sp³-hybridized carbons (Fsp3) is 0.235. The molecule has 0 aliphatic heterocycles. The van der Waals surface area contributed by atoms with E-state index in [-0.39, 0.29) is 5.69 Å². The van der Waals surface area contributed by atoms with Gasteiger partial charge in [0.2, 0.25) is 0 Å². The Hall–Kier alpha value is -2.11. The largest absolute Gasteiger partial charge is 0.350 e. The highest BCUT2D eigenvalue weighted by atomic mass is 35.5. The molecule has 24 heavy (non-hydrogen) atoms. The minimum absolute atomic E-state index is 0.200. The Bertz CT molecular complexity index is 900. The second kappa shape index (κ2) is 7.20. The van der Waals surface area contributed by atoms with Gasteiger partial charge in [-0.25, -0.2) is 14.0 Å². The summed E-state index contributed by atoms with van der Waals surface area (Å²) in [4.78, 5) is 16.8. The third-order valence-electron chi connectivity index (χ3n) is 3.66. The van der Waals surface area contributed by atoms with Gasteiger partial charge in [0.05, 0.1) is 10.7 Å². The summed E-state index contributed by atoms with van der Waals surface area (Å²) < 4.78 is 3.03. The number of aryl methyl sites for hydroxylation is 1. The van der Waals surface area contributed by atoms with Crippen LogP contribution in [0.15, 0.2) is 47.5 Å². The van der Waals surface area contributed by atoms with Crippen LogP contribution >= 0.6 is 23.2 Å². The molecule has 124 valence electrons. The normalized spacial score (nSPS) is 11.0. The van der Waals surface area contributed by atoms with Gasteiger partial charge in [-0.15, -0.1) is 5.10 Å². The number of hydrogen-bond acceptors (Lipinski definition) is 3. The van der Waals surface area contributed by atoms with Crippen molar-refractivity contribution in [3.63, 3.8) is 0 Å². The molecule has 0 bridgehead atoms. The molecule has 0 atom stereocenters. The van der Waals surface area contributed by atoms with Gasteiger partial charge >= 0.3 is 5.69 Å². The molecule has 0 aliphatic rings. The van der Waals surface area contributed by atoms with Crippen molar-refractivity contribution in [2.45, 2.75) is 26.3 Å². The molecule has 0 amide bonds. The molecule has 5 nitrogen and oxygen atoms in total. The summed E-state index contributed by atoms with van der Waals surface area (Å²) in [7, 11) is 0. The first-order chi connectivity index (χ1) is 11.6. The zero-order chi connectivity index (χ0) is 17.1. The lowest BCUT2D eigenvalue weighted by molar-refractivity contribution is 0.552. The van der Waals surface area contributed by atoms with Crippen LogP contribution in [0.25, 0.3) is 17.1 Å². The molecule has 0 spiro atoms. The van der Waals surface area contributed by atoms with E-state index in [9.17, 15) is 4.79 Å². The molecule has 3 rings (SSSR count). The third kappa shape index (κ3) is 3.23. The van der Waals surface area contributed by atoms with E-state index in [2.05, 4.69) is 17.0 Å². The Kier molecular flexibility index (Phi) is 5.02. The van der Waals surface area contributed by atoms with Gasteiger partial charge in [-0.3, -0.25) is 4.98 Å². The summed E-state index contributed by atoms with van der Waals surface area (Å²) in [5, 5.41) is 5.55. The number of benzene rings is 1. The zero-order valence-electron chi connectivity index (χ0n) is 13.1. The van der Waals surface area contributed by atoms with Gasteiger partial charge in [0.1, 0.15) is 0 Å². The molecule has 7 heteroatoms. The van der Waals surface area contributed by atoms with E-state index < -0.39 is 0 Å². The highest BCUT2D eigenvalue weighted by molar-refractivity contribution is 6.33. The van der Waals surface area contributed by atoms with Crippen molar-refractivity contribution in [2.75, 3.05) is 0 Å². The average molecular weight is 363 g/mol. The minimum atomic E-state index is -0.200. The van der Waals surface area contributed by atoms with Crippen LogP contribution in [-0.2, 0) is 6.54 Å². The van der Waals surface area contributed by atoms with Crippen LogP contribution in [0.1, 0.15) is 19.8 Å². The fourth-order valence-electron chi connectivity index (χ4n) is 2.42. The molecule has 0 saturated carbocycles. The number of hydrogen-bond donors (Lipinski definition) is 0. The summed E-state index contributed by atoms with van der Waals surface area (Å²) >= 11 is 12.2. The predicted molar refractivity (Wildman–Crippen MR) is 96.0 cm³/mol. The number of halogens is 2. The smallest absolute Gasteiger partial charge is 0.263 e. The summed E-state index contributed by atoms with van der Waals surface area (Å²) in [6, 6.07) is 8.80. The monoisotopic (exact) mass is 362 g/mol. The molecule has 0 unspecified atom stereocenters. The highest BCUT2D eigenvalue weighted by Gasteiger charge is 2.18.